The summed E-state index contributed by atoms with van der Waals surface area (Å²) in [5.74, 6) is -0.280. The van der Waals surface area contributed by atoms with Gasteiger partial charge in [0.05, 0.1) is 4.90 Å². The van der Waals surface area contributed by atoms with E-state index in [0.717, 1.165) is 16.8 Å². The van der Waals surface area contributed by atoms with Crippen molar-refractivity contribution >= 4 is 15.7 Å². The van der Waals surface area contributed by atoms with E-state index in [9.17, 15) is 12.8 Å². The molecule has 1 saturated heterocycles. The Morgan fingerprint density at radius 2 is 1.67 bits per heavy atom. The molecule has 0 atom stereocenters. The molecule has 1 heterocycles. The predicted molar refractivity (Wildman–Crippen MR) is 93.3 cm³/mol. The van der Waals surface area contributed by atoms with Crippen molar-refractivity contribution in [3.8, 4) is 0 Å². The van der Waals surface area contributed by atoms with Crippen LogP contribution in [-0.2, 0) is 10.0 Å². The quantitative estimate of drug-likeness (QED) is 0.856. The molecule has 0 aromatic heterocycles. The van der Waals surface area contributed by atoms with Gasteiger partial charge >= 0.3 is 0 Å². The van der Waals surface area contributed by atoms with E-state index in [-0.39, 0.29) is 5.82 Å². The lowest BCUT2D eigenvalue weighted by Crippen LogP contribution is -2.48. The highest BCUT2D eigenvalue weighted by molar-refractivity contribution is 7.89. The predicted octanol–water partition coefficient (Wildman–Crippen LogP) is 2.95. The molecular weight excluding hydrogens is 327 g/mol. The number of hydrogen-bond acceptors (Lipinski definition) is 3. The molecular formula is C18H21FN2O2S. The molecule has 6 heteroatoms. The number of benzene rings is 2. The minimum Gasteiger partial charge on any atom is -0.369 e. The average molecular weight is 348 g/mol. The fourth-order valence-corrected chi connectivity index (χ4v) is 4.72. The Kier molecular flexibility index (Phi) is 4.60. The fourth-order valence-electron chi connectivity index (χ4n) is 2.98. The topological polar surface area (TPSA) is 40.6 Å². The third-order valence-corrected chi connectivity index (χ3v) is 6.41. The van der Waals surface area contributed by atoms with Gasteiger partial charge < -0.3 is 4.90 Å². The lowest BCUT2D eigenvalue weighted by Gasteiger charge is -2.35. The highest BCUT2D eigenvalue weighted by atomic mass is 32.2. The summed E-state index contributed by atoms with van der Waals surface area (Å²) in [4.78, 5) is 2.39. The number of anilines is 1. The van der Waals surface area contributed by atoms with E-state index in [2.05, 4.69) is 0 Å². The summed E-state index contributed by atoms with van der Waals surface area (Å²) in [5, 5.41) is 0. The van der Waals surface area contributed by atoms with E-state index in [0.29, 0.717) is 31.1 Å². The maximum absolute atomic E-state index is 13.4. The molecule has 0 saturated carbocycles. The van der Waals surface area contributed by atoms with Gasteiger partial charge in [0.1, 0.15) is 5.82 Å². The standard InChI is InChI=1S/C18H21FN2O2S/c1-14-6-7-15(2)18(12-14)24(22,23)21-10-8-20(9-11-21)17-5-3-4-16(19)13-17/h3-7,12-13H,8-11H2,1-2H3. The van der Waals surface area contributed by atoms with Gasteiger partial charge in [-0.1, -0.05) is 18.2 Å². The maximum atomic E-state index is 13.4. The van der Waals surface area contributed by atoms with Crippen LogP contribution in [0.5, 0.6) is 0 Å². The van der Waals surface area contributed by atoms with E-state index in [1.807, 2.05) is 36.9 Å². The molecule has 0 bridgehead atoms. The minimum absolute atomic E-state index is 0.280. The van der Waals surface area contributed by atoms with Crippen molar-refractivity contribution in [1.29, 1.82) is 0 Å². The van der Waals surface area contributed by atoms with E-state index in [1.54, 1.807) is 12.1 Å². The van der Waals surface area contributed by atoms with Gasteiger partial charge in [0.15, 0.2) is 0 Å². The van der Waals surface area contributed by atoms with Crippen molar-refractivity contribution in [2.75, 3.05) is 31.1 Å². The van der Waals surface area contributed by atoms with Gasteiger partial charge in [-0.15, -0.1) is 0 Å². The summed E-state index contributed by atoms with van der Waals surface area (Å²) in [6, 6.07) is 11.9. The molecule has 3 rings (SSSR count). The van der Waals surface area contributed by atoms with Crippen LogP contribution < -0.4 is 4.90 Å². The van der Waals surface area contributed by atoms with Crippen LogP contribution in [0.15, 0.2) is 47.4 Å². The van der Waals surface area contributed by atoms with Crippen molar-refractivity contribution < 1.29 is 12.8 Å². The molecule has 24 heavy (non-hydrogen) atoms. The second-order valence-corrected chi connectivity index (χ2v) is 8.05. The smallest absolute Gasteiger partial charge is 0.243 e. The number of sulfonamides is 1. The summed E-state index contributed by atoms with van der Waals surface area (Å²) in [7, 11) is -3.50. The Balaban J connectivity index is 1.77. The van der Waals surface area contributed by atoms with E-state index in [1.165, 1.54) is 16.4 Å². The third kappa shape index (κ3) is 3.30. The van der Waals surface area contributed by atoms with Gasteiger partial charge in [-0.05, 0) is 49.2 Å². The number of aryl methyl sites for hydroxylation is 2. The molecule has 0 amide bonds. The number of hydrogen-bond donors (Lipinski definition) is 0. The van der Waals surface area contributed by atoms with Crippen LogP contribution in [0, 0.1) is 19.7 Å². The zero-order chi connectivity index (χ0) is 17.3. The van der Waals surface area contributed by atoms with E-state index < -0.39 is 10.0 Å². The SMILES string of the molecule is Cc1ccc(C)c(S(=O)(=O)N2CCN(c3cccc(F)c3)CC2)c1. The van der Waals surface area contributed by atoms with Gasteiger partial charge in [-0.3, -0.25) is 0 Å². The van der Waals surface area contributed by atoms with Gasteiger partial charge in [0, 0.05) is 31.9 Å². The summed E-state index contributed by atoms with van der Waals surface area (Å²) in [6.45, 7) is 5.59. The van der Waals surface area contributed by atoms with Crippen LogP contribution in [0.3, 0.4) is 0 Å². The van der Waals surface area contributed by atoms with Crippen molar-refractivity contribution in [1.82, 2.24) is 4.31 Å². The number of nitrogens with zero attached hydrogens (tertiary/aromatic N) is 2. The van der Waals surface area contributed by atoms with E-state index >= 15 is 0 Å². The monoisotopic (exact) mass is 348 g/mol. The van der Waals surface area contributed by atoms with Crippen LogP contribution in [0.1, 0.15) is 11.1 Å². The first-order valence-corrected chi connectivity index (χ1v) is 9.40. The van der Waals surface area contributed by atoms with Gasteiger partial charge in [-0.25, -0.2) is 12.8 Å². The number of halogens is 1. The molecule has 2 aromatic carbocycles. The van der Waals surface area contributed by atoms with Crippen LogP contribution in [0.2, 0.25) is 0 Å². The average Bonchev–Trinajstić information content (AvgIpc) is 2.57. The van der Waals surface area contributed by atoms with Crippen LogP contribution in [0.25, 0.3) is 0 Å². The zero-order valence-electron chi connectivity index (χ0n) is 13.9. The number of piperazine rings is 1. The molecule has 2 aromatic rings. The Hall–Kier alpha value is -1.92. The molecule has 1 aliphatic heterocycles. The third-order valence-electron chi connectivity index (χ3n) is 4.37. The lowest BCUT2D eigenvalue weighted by atomic mass is 10.2. The normalized spacial score (nSPS) is 16.4. The number of rotatable bonds is 3. The Morgan fingerprint density at radius 3 is 2.33 bits per heavy atom. The summed E-state index contributed by atoms with van der Waals surface area (Å²) < 4.78 is 40.7. The maximum Gasteiger partial charge on any atom is 0.243 e. The molecule has 128 valence electrons. The molecule has 0 unspecified atom stereocenters. The van der Waals surface area contributed by atoms with Crippen LogP contribution in [-0.4, -0.2) is 38.9 Å². The molecule has 0 spiro atoms. The molecule has 4 nitrogen and oxygen atoms in total. The first-order chi connectivity index (χ1) is 11.4. The Labute approximate surface area is 142 Å². The summed E-state index contributed by atoms with van der Waals surface area (Å²) in [6.07, 6.45) is 0. The van der Waals surface area contributed by atoms with Gasteiger partial charge in [-0.2, -0.15) is 4.31 Å². The van der Waals surface area contributed by atoms with Gasteiger partial charge in [0.2, 0.25) is 10.0 Å². The van der Waals surface area contributed by atoms with E-state index in [4.69, 9.17) is 0 Å². The fraction of sp³-hybridized carbons (Fsp3) is 0.333. The molecule has 0 N–H and O–H groups in total. The molecule has 1 fully saturated rings. The second-order valence-electron chi connectivity index (χ2n) is 6.14. The van der Waals surface area contributed by atoms with Crippen molar-refractivity contribution in [3.63, 3.8) is 0 Å². The molecule has 0 radical (unpaired) electrons. The molecule has 0 aliphatic carbocycles. The van der Waals surface area contributed by atoms with Crippen LogP contribution in [0.4, 0.5) is 10.1 Å². The van der Waals surface area contributed by atoms with Gasteiger partial charge in [0.25, 0.3) is 0 Å². The summed E-state index contributed by atoms with van der Waals surface area (Å²) in [5.41, 5.74) is 2.48. The zero-order valence-corrected chi connectivity index (χ0v) is 14.7. The summed E-state index contributed by atoms with van der Waals surface area (Å²) >= 11 is 0. The molecule has 1 aliphatic rings. The van der Waals surface area contributed by atoms with Crippen molar-refractivity contribution in [2.45, 2.75) is 18.7 Å². The first-order valence-electron chi connectivity index (χ1n) is 7.96. The Bertz CT molecular complexity index is 844. The Morgan fingerprint density at radius 1 is 0.958 bits per heavy atom. The highest BCUT2D eigenvalue weighted by Gasteiger charge is 2.29. The minimum atomic E-state index is -3.50. The first kappa shape index (κ1) is 16.9. The highest BCUT2D eigenvalue weighted by Crippen LogP contribution is 2.24. The second kappa shape index (κ2) is 6.53. The van der Waals surface area contributed by atoms with Crippen molar-refractivity contribution in [3.05, 3.63) is 59.4 Å². The van der Waals surface area contributed by atoms with Crippen molar-refractivity contribution in [2.24, 2.45) is 0 Å². The lowest BCUT2D eigenvalue weighted by molar-refractivity contribution is 0.384. The largest absolute Gasteiger partial charge is 0.369 e. The van der Waals surface area contributed by atoms with Crippen LogP contribution >= 0.6 is 0 Å².